The second-order valence-electron chi connectivity index (χ2n) is 1.24. The van der Waals surface area contributed by atoms with E-state index in [0.717, 1.165) is 0 Å². The molecule has 0 fully saturated rings. The Morgan fingerprint density at radius 2 is 2.56 bits per heavy atom. The van der Waals surface area contributed by atoms with E-state index in [1.807, 2.05) is 0 Å². The smallest absolute Gasteiger partial charge is 0.299 e. The topological polar surface area (TPSA) is 109 Å². The summed E-state index contributed by atoms with van der Waals surface area (Å²) in [6.45, 7) is 0. The minimum atomic E-state index is -0.737. The molecule has 0 saturated carbocycles. The summed E-state index contributed by atoms with van der Waals surface area (Å²) in [6, 6.07) is 0. The molecule has 0 saturated heterocycles. The normalized spacial score (nSPS) is 16.9. The minimum absolute atomic E-state index is 0.222. The summed E-state index contributed by atoms with van der Waals surface area (Å²) in [6.07, 6.45) is 0. The number of hydrazine groups is 3. The molecule has 0 bridgehead atoms. The second kappa shape index (κ2) is 1.74. The zero-order valence-corrected chi connectivity index (χ0v) is 4.24. The van der Waals surface area contributed by atoms with E-state index in [0.29, 0.717) is 5.12 Å². The first-order valence-electron chi connectivity index (χ1n) is 2.00. The first-order chi connectivity index (χ1) is 4.22. The standard InChI is InChI=1S/CH4N6O2/c2-1-3-4-5-6(1)7(8)9/h4-5H,(H2,2,3). The van der Waals surface area contributed by atoms with Crippen molar-refractivity contribution in [3.8, 4) is 0 Å². The number of hydrogen-bond acceptors (Lipinski definition) is 6. The Morgan fingerprint density at radius 3 is 2.78 bits per heavy atom. The number of rotatable bonds is 1. The molecule has 1 rings (SSSR count). The first-order valence-corrected chi connectivity index (χ1v) is 2.00. The van der Waals surface area contributed by atoms with Crippen molar-refractivity contribution in [2.75, 3.05) is 0 Å². The van der Waals surface area contributed by atoms with E-state index in [-0.39, 0.29) is 5.96 Å². The molecule has 0 spiro atoms. The van der Waals surface area contributed by atoms with Crippen molar-refractivity contribution < 1.29 is 5.03 Å². The van der Waals surface area contributed by atoms with Crippen LogP contribution in [-0.4, -0.2) is 16.1 Å². The van der Waals surface area contributed by atoms with Crippen molar-refractivity contribution >= 4 is 5.96 Å². The lowest BCUT2D eigenvalue weighted by Gasteiger charge is -2.01. The monoisotopic (exact) mass is 132 g/mol. The maximum absolute atomic E-state index is 9.88. The van der Waals surface area contributed by atoms with Crippen LogP contribution in [0.25, 0.3) is 0 Å². The number of nitro groups is 1. The lowest BCUT2D eigenvalue weighted by atomic mass is 11.1. The van der Waals surface area contributed by atoms with E-state index in [4.69, 9.17) is 5.73 Å². The van der Waals surface area contributed by atoms with Crippen LogP contribution in [0, 0.1) is 10.1 Å². The summed E-state index contributed by atoms with van der Waals surface area (Å²) < 4.78 is 0. The molecular formula is CH4N6O2. The lowest BCUT2D eigenvalue weighted by molar-refractivity contribution is -0.643. The molecule has 4 N–H and O–H groups in total. The largest absolute Gasteiger partial charge is 0.362 e. The highest BCUT2D eigenvalue weighted by atomic mass is 16.7. The second-order valence-corrected chi connectivity index (χ2v) is 1.24. The number of hydrogen-bond donors (Lipinski definition) is 3. The Labute approximate surface area is 49.4 Å². The van der Waals surface area contributed by atoms with Gasteiger partial charge in [0.2, 0.25) is 0 Å². The van der Waals surface area contributed by atoms with Crippen LogP contribution in [0.15, 0.2) is 5.10 Å². The van der Waals surface area contributed by atoms with Crippen molar-refractivity contribution in [2.24, 2.45) is 10.8 Å². The summed E-state index contributed by atoms with van der Waals surface area (Å²) in [5.74, 6) is -0.222. The summed E-state index contributed by atoms with van der Waals surface area (Å²) in [5.41, 5.74) is 9.15. The molecule has 1 heterocycles. The van der Waals surface area contributed by atoms with E-state index in [2.05, 4.69) is 16.2 Å². The van der Waals surface area contributed by atoms with Crippen LogP contribution in [-0.2, 0) is 0 Å². The van der Waals surface area contributed by atoms with Gasteiger partial charge in [0, 0.05) is 5.12 Å². The molecular weight excluding hydrogens is 128 g/mol. The fourth-order valence-corrected chi connectivity index (χ4v) is 0.359. The van der Waals surface area contributed by atoms with Gasteiger partial charge in [-0.05, 0) is 0 Å². The Kier molecular flexibility index (Phi) is 1.08. The van der Waals surface area contributed by atoms with Crippen LogP contribution in [0.2, 0.25) is 0 Å². The molecule has 9 heavy (non-hydrogen) atoms. The molecule has 1 aliphatic heterocycles. The Morgan fingerprint density at radius 1 is 1.89 bits per heavy atom. The predicted octanol–water partition coefficient (Wildman–Crippen LogP) is -2.27. The number of nitrogens with one attached hydrogen (secondary N) is 2. The molecule has 0 aromatic rings. The van der Waals surface area contributed by atoms with Gasteiger partial charge in [-0.25, -0.2) is 15.6 Å². The molecule has 8 heteroatoms. The van der Waals surface area contributed by atoms with Gasteiger partial charge < -0.3 is 5.73 Å². The van der Waals surface area contributed by atoms with Gasteiger partial charge in [-0.2, -0.15) is 0 Å². The Balaban J connectivity index is 2.63. The third-order valence-electron chi connectivity index (χ3n) is 0.707. The number of nitrogens with two attached hydrogens (primary N) is 1. The van der Waals surface area contributed by atoms with Gasteiger partial charge in [0.05, 0.1) is 0 Å². The molecule has 0 unspecified atom stereocenters. The molecule has 8 nitrogen and oxygen atoms in total. The number of nitrogens with zero attached hydrogens (tertiary/aromatic N) is 3. The van der Waals surface area contributed by atoms with Crippen LogP contribution in [0.4, 0.5) is 0 Å². The molecule has 0 atom stereocenters. The van der Waals surface area contributed by atoms with Gasteiger partial charge in [-0.3, -0.25) is 0 Å². The third kappa shape index (κ3) is 0.817. The van der Waals surface area contributed by atoms with Crippen molar-refractivity contribution in [3.63, 3.8) is 0 Å². The molecule has 0 aromatic carbocycles. The zero-order valence-electron chi connectivity index (χ0n) is 4.24. The van der Waals surface area contributed by atoms with Crippen LogP contribution in [0.5, 0.6) is 0 Å². The van der Waals surface area contributed by atoms with Crippen LogP contribution in [0.1, 0.15) is 0 Å². The summed E-state index contributed by atoms with van der Waals surface area (Å²) in [4.78, 5) is 9.88. The maximum Gasteiger partial charge on any atom is 0.299 e. The molecule has 0 amide bonds. The van der Waals surface area contributed by atoms with E-state index in [1.54, 1.807) is 0 Å². The van der Waals surface area contributed by atoms with E-state index in [1.165, 1.54) is 0 Å². The minimum Gasteiger partial charge on any atom is -0.362 e. The van der Waals surface area contributed by atoms with Crippen molar-refractivity contribution in [3.05, 3.63) is 10.1 Å². The molecule has 1 aliphatic rings. The van der Waals surface area contributed by atoms with Gasteiger partial charge >= 0.3 is 0 Å². The quantitative estimate of drug-likeness (QED) is 0.274. The third-order valence-corrected chi connectivity index (χ3v) is 0.707. The summed E-state index contributed by atoms with van der Waals surface area (Å²) >= 11 is 0. The summed E-state index contributed by atoms with van der Waals surface area (Å²) in [7, 11) is 0. The zero-order chi connectivity index (χ0) is 6.85. The SMILES string of the molecule is NC1=NNNN1[N+](=O)[O-]. The Bertz CT molecular complexity index is 162. The lowest BCUT2D eigenvalue weighted by Crippen LogP contribution is -2.47. The molecule has 0 aliphatic carbocycles. The van der Waals surface area contributed by atoms with Crippen molar-refractivity contribution in [1.82, 2.24) is 16.2 Å². The highest BCUT2D eigenvalue weighted by molar-refractivity contribution is 5.76. The fourth-order valence-electron chi connectivity index (χ4n) is 0.359. The van der Waals surface area contributed by atoms with E-state index in [9.17, 15) is 10.1 Å². The van der Waals surface area contributed by atoms with Gasteiger partial charge in [0.1, 0.15) is 0 Å². The molecule has 0 radical (unpaired) electrons. The molecule has 0 aromatic heterocycles. The van der Waals surface area contributed by atoms with Crippen LogP contribution < -0.4 is 16.8 Å². The van der Waals surface area contributed by atoms with Gasteiger partial charge in [0.25, 0.3) is 5.96 Å². The van der Waals surface area contributed by atoms with Crippen molar-refractivity contribution in [1.29, 1.82) is 0 Å². The average molecular weight is 132 g/mol. The predicted molar refractivity (Wildman–Crippen MR) is 26.7 cm³/mol. The summed E-state index contributed by atoms with van der Waals surface area (Å²) in [5, 5.41) is 12.9. The maximum atomic E-state index is 9.88. The number of hydrazone groups is 1. The van der Waals surface area contributed by atoms with Gasteiger partial charge in [-0.1, -0.05) is 5.53 Å². The van der Waals surface area contributed by atoms with Crippen LogP contribution >= 0.6 is 0 Å². The van der Waals surface area contributed by atoms with E-state index < -0.39 is 5.03 Å². The fraction of sp³-hybridized carbons (Fsp3) is 0. The molecule has 50 valence electrons. The van der Waals surface area contributed by atoms with E-state index >= 15 is 0 Å². The first kappa shape index (κ1) is 5.56. The highest BCUT2D eigenvalue weighted by Gasteiger charge is 2.23. The average Bonchev–Trinajstić information content (AvgIpc) is 2.13. The highest BCUT2D eigenvalue weighted by Crippen LogP contribution is 1.84. The van der Waals surface area contributed by atoms with Gasteiger partial charge in [0.15, 0.2) is 5.03 Å². The van der Waals surface area contributed by atoms with Gasteiger partial charge in [-0.15, -0.1) is 5.10 Å². The van der Waals surface area contributed by atoms with Crippen LogP contribution in [0.3, 0.4) is 0 Å². The Hall–Kier alpha value is -1.57. The van der Waals surface area contributed by atoms with Crippen molar-refractivity contribution in [2.45, 2.75) is 0 Å². The number of guanidine groups is 1.